The van der Waals surface area contributed by atoms with Gasteiger partial charge in [-0.15, -0.1) is 11.8 Å². The van der Waals surface area contributed by atoms with Gasteiger partial charge in [-0.05, 0) is 23.8 Å². The number of hydrogen-bond donors (Lipinski definition) is 0. The number of benzene rings is 1. The largest absolute Gasteiger partial charge is 0.264 e. The van der Waals surface area contributed by atoms with Crippen LogP contribution in [0.15, 0.2) is 35.5 Å². The van der Waals surface area contributed by atoms with Gasteiger partial charge in [0.25, 0.3) is 0 Å². The van der Waals surface area contributed by atoms with Crippen molar-refractivity contribution in [2.24, 2.45) is 0 Å². The monoisotopic (exact) mass is 174 g/mol. The Morgan fingerprint density at radius 2 is 2.25 bits per heavy atom. The van der Waals surface area contributed by atoms with Crippen LogP contribution in [0.25, 0.3) is 10.8 Å². The maximum absolute atomic E-state index is 4.04. The molecule has 59 valence electrons. The minimum Gasteiger partial charge on any atom is -0.264 e. The SMILES string of the molecule is CSc1[c]c2ccncc2cc1. The molecule has 1 heterocycles. The molecule has 0 amide bonds. The van der Waals surface area contributed by atoms with Crippen LogP contribution in [0.3, 0.4) is 0 Å². The molecule has 1 nitrogen and oxygen atoms in total. The summed E-state index contributed by atoms with van der Waals surface area (Å²) < 4.78 is 0. The maximum Gasteiger partial charge on any atom is 0.0346 e. The third kappa shape index (κ3) is 1.30. The summed E-state index contributed by atoms with van der Waals surface area (Å²) >= 11 is 1.71. The molecule has 12 heavy (non-hydrogen) atoms. The number of aromatic nitrogens is 1. The Morgan fingerprint density at radius 3 is 3.08 bits per heavy atom. The van der Waals surface area contributed by atoms with Gasteiger partial charge in [0.2, 0.25) is 0 Å². The van der Waals surface area contributed by atoms with Gasteiger partial charge < -0.3 is 0 Å². The summed E-state index contributed by atoms with van der Waals surface area (Å²) in [6.07, 6.45) is 5.71. The lowest BCUT2D eigenvalue weighted by Crippen LogP contribution is -1.76. The first kappa shape index (κ1) is 7.62. The molecule has 2 aromatic rings. The first-order valence-corrected chi connectivity index (χ1v) is 4.92. The van der Waals surface area contributed by atoms with E-state index in [9.17, 15) is 0 Å². The standard InChI is InChI=1S/C10H8NS/c1-12-10-3-2-9-7-11-5-4-8(9)6-10/h2-5,7H,1H3. The third-order valence-corrected chi connectivity index (χ3v) is 2.42. The molecule has 1 aromatic heterocycles. The molecule has 0 saturated carbocycles. The highest BCUT2D eigenvalue weighted by molar-refractivity contribution is 7.98. The van der Waals surface area contributed by atoms with Crippen molar-refractivity contribution in [2.45, 2.75) is 4.90 Å². The second-order valence-electron chi connectivity index (χ2n) is 2.49. The molecule has 0 atom stereocenters. The van der Waals surface area contributed by atoms with E-state index in [2.05, 4.69) is 29.4 Å². The first-order chi connectivity index (χ1) is 5.90. The van der Waals surface area contributed by atoms with E-state index in [4.69, 9.17) is 0 Å². The Balaban J connectivity index is 2.67. The van der Waals surface area contributed by atoms with Crippen LogP contribution in [0.1, 0.15) is 0 Å². The van der Waals surface area contributed by atoms with Gasteiger partial charge in [-0.1, -0.05) is 6.07 Å². The highest BCUT2D eigenvalue weighted by Gasteiger charge is 1.94. The Morgan fingerprint density at radius 1 is 1.33 bits per heavy atom. The zero-order chi connectivity index (χ0) is 8.39. The maximum atomic E-state index is 4.04. The first-order valence-electron chi connectivity index (χ1n) is 3.70. The normalized spacial score (nSPS) is 10.4. The number of thioether (sulfide) groups is 1. The molecule has 0 fully saturated rings. The summed E-state index contributed by atoms with van der Waals surface area (Å²) in [5.41, 5.74) is 0. The average molecular weight is 174 g/mol. The predicted molar refractivity (Wildman–Crippen MR) is 52.4 cm³/mol. The lowest BCUT2D eigenvalue weighted by molar-refractivity contribution is 1.35. The quantitative estimate of drug-likeness (QED) is 0.616. The summed E-state index contributed by atoms with van der Waals surface area (Å²) in [6, 6.07) is 9.42. The van der Waals surface area contributed by atoms with E-state index < -0.39 is 0 Å². The van der Waals surface area contributed by atoms with Gasteiger partial charge in [-0.3, -0.25) is 4.98 Å². The molecule has 0 aliphatic heterocycles. The van der Waals surface area contributed by atoms with E-state index in [0.717, 1.165) is 10.8 Å². The van der Waals surface area contributed by atoms with Crippen LogP contribution >= 0.6 is 11.8 Å². The van der Waals surface area contributed by atoms with Crippen molar-refractivity contribution in [2.75, 3.05) is 6.26 Å². The highest BCUT2D eigenvalue weighted by atomic mass is 32.2. The molecule has 0 spiro atoms. The molecular weight excluding hydrogens is 166 g/mol. The van der Waals surface area contributed by atoms with Crippen molar-refractivity contribution in [3.63, 3.8) is 0 Å². The molecule has 1 radical (unpaired) electrons. The van der Waals surface area contributed by atoms with Crippen LogP contribution in [0, 0.1) is 6.07 Å². The summed E-state index contributed by atoms with van der Waals surface area (Å²) in [6.45, 7) is 0. The Bertz CT molecular complexity index is 398. The number of fused-ring (bicyclic) bond motifs is 1. The van der Waals surface area contributed by atoms with Gasteiger partial charge in [0.1, 0.15) is 0 Å². The zero-order valence-electron chi connectivity index (χ0n) is 6.74. The molecule has 0 unspecified atom stereocenters. The van der Waals surface area contributed by atoms with Gasteiger partial charge >= 0.3 is 0 Å². The van der Waals surface area contributed by atoms with Crippen molar-refractivity contribution in [1.82, 2.24) is 4.98 Å². The lowest BCUT2D eigenvalue weighted by Gasteiger charge is -1.97. The van der Waals surface area contributed by atoms with Crippen molar-refractivity contribution in [3.05, 3.63) is 36.7 Å². The highest BCUT2D eigenvalue weighted by Crippen LogP contribution is 2.19. The van der Waals surface area contributed by atoms with Gasteiger partial charge in [0.05, 0.1) is 0 Å². The second kappa shape index (κ2) is 3.15. The van der Waals surface area contributed by atoms with Crippen molar-refractivity contribution in [1.29, 1.82) is 0 Å². The minimum absolute atomic E-state index is 1.14. The van der Waals surface area contributed by atoms with Crippen molar-refractivity contribution < 1.29 is 0 Å². The zero-order valence-corrected chi connectivity index (χ0v) is 7.56. The fourth-order valence-corrected chi connectivity index (χ4v) is 1.53. The third-order valence-electron chi connectivity index (χ3n) is 1.74. The van der Waals surface area contributed by atoms with Crippen LogP contribution in [-0.2, 0) is 0 Å². The summed E-state index contributed by atoms with van der Waals surface area (Å²) in [5, 5.41) is 2.28. The molecule has 2 rings (SSSR count). The van der Waals surface area contributed by atoms with E-state index in [1.807, 2.05) is 12.3 Å². The number of hydrogen-bond acceptors (Lipinski definition) is 2. The van der Waals surface area contributed by atoms with Crippen LogP contribution in [0.4, 0.5) is 0 Å². The van der Waals surface area contributed by atoms with E-state index in [-0.39, 0.29) is 0 Å². The second-order valence-corrected chi connectivity index (χ2v) is 3.34. The minimum atomic E-state index is 1.14. The molecule has 0 N–H and O–H groups in total. The Labute approximate surface area is 75.8 Å². The van der Waals surface area contributed by atoms with Gasteiger partial charge in [0, 0.05) is 28.7 Å². The molecule has 2 heteroatoms. The van der Waals surface area contributed by atoms with E-state index in [1.165, 1.54) is 4.90 Å². The van der Waals surface area contributed by atoms with E-state index in [1.54, 1.807) is 18.0 Å². The van der Waals surface area contributed by atoms with E-state index in [0.29, 0.717) is 0 Å². The van der Waals surface area contributed by atoms with Crippen molar-refractivity contribution in [3.8, 4) is 0 Å². The van der Waals surface area contributed by atoms with Crippen LogP contribution in [0.5, 0.6) is 0 Å². The summed E-state index contributed by atoms with van der Waals surface area (Å²) in [7, 11) is 0. The predicted octanol–water partition coefficient (Wildman–Crippen LogP) is 2.76. The molecule has 0 aliphatic rings. The van der Waals surface area contributed by atoms with Gasteiger partial charge in [0.15, 0.2) is 0 Å². The smallest absolute Gasteiger partial charge is 0.0346 e. The van der Waals surface area contributed by atoms with Crippen LogP contribution < -0.4 is 0 Å². The summed E-state index contributed by atoms with van der Waals surface area (Å²) in [5.74, 6) is 0. The topological polar surface area (TPSA) is 12.9 Å². The molecule has 0 bridgehead atoms. The number of nitrogens with zero attached hydrogens (tertiary/aromatic N) is 1. The van der Waals surface area contributed by atoms with E-state index >= 15 is 0 Å². The van der Waals surface area contributed by atoms with Crippen LogP contribution in [-0.4, -0.2) is 11.2 Å². The lowest BCUT2D eigenvalue weighted by atomic mass is 10.2. The van der Waals surface area contributed by atoms with Gasteiger partial charge in [-0.25, -0.2) is 0 Å². The number of rotatable bonds is 1. The average Bonchev–Trinajstić information content (AvgIpc) is 2.17. The molecular formula is C10H8NS. The van der Waals surface area contributed by atoms with Gasteiger partial charge in [-0.2, -0.15) is 0 Å². The fourth-order valence-electron chi connectivity index (χ4n) is 1.11. The van der Waals surface area contributed by atoms with Crippen LogP contribution in [0.2, 0.25) is 0 Å². The van der Waals surface area contributed by atoms with Crippen molar-refractivity contribution >= 4 is 22.5 Å². The molecule has 0 saturated heterocycles. The molecule has 1 aromatic carbocycles. The molecule has 0 aliphatic carbocycles. The number of pyridine rings is 1. The fraction of sp³-hybridized carbons (Fsp3) is 0.100. The Hall–Kier alpha value is -1.02. The summed E-state index contributed by atoms with van der Waals surface area (Å²) in [4.78, 5) is 5.22. The Kier molecular flexibility index (Phi) is 2.00.